The molecule has 1 amide bonds. The average molecular weight is 217 g/mol. The van der Waals surface area contributed by atoms with Gasteiger partial charge < -0.3 is 15.2 Å². The second-order valence-electron chi connectivity index (χ2n) is 4.30. The van der Waals surface area contributed by atoms with Crippen LogP contribution in [0.4, 0.5) is 0 Å². The van der Waals surface area contributed by atoms with Gasteiger partial charge in [0.25, 0.3) is 0 Å². The topological polar surface area (TPSA) is 58.6 Å². The molecule has 0 aliphatic heterocycles. The fourth-order valence-electron chi connectivity index (χ4n) is 1.19. The smallest absolute Gasteiger partial charge is 0.246 e. The van der Waals surface area contributed by atoms with E-state index < -0.39 is 0 Å². The summed E-state index contributed by atoms with van der Waals surface area (Å²) in [6.07, 6.45) is 1.42. The second-order valence-corrected chi connectivity index (χ2v) is 4.30. The molecule has 15 heavy (non-hydrogen) atoms. The number of carbonyl (C=O) groups excluding carboxylic acids is 1. The lowest BCUT2D eigenvalue weighted by atomic mass is 9.95. The van der Waals surface area contributed by atoms with E-state index in [0.717, 1.165) is 6.42 Å². The maximum atomic E-state index is 11.5. The molecule has 1 unspecified atom stereocenters. The van der Waals surface area contributed by atoms with Gasteiger partial charge in [0.05, 0.1) is 6.10 Å². The predicted octanol–water partition coefficient (Wildman–Crippen LogP) is 1.08. The number of hydrogen-bond donors (Lipinski definition) is 2. The second kappa shape index (κ2) is 6.80. The highest BCUT2D eigenvalue weighted by Crippen LogP contribution is 2.13. The van der Waals surface area contributed by atoms with Crippen LogP contribution in [0.2, 0.25) is 0 Å². The fourth-order valence-corrected chi connectivity index (χ4v) is 1.19. The molecule has 0 heterocycles. The van der Waals surface area contributed by atoms with Gasteiger partial charge in [-0.2, -0.15) is 0 Å². The number of rotatable bonds is 7. The molecule has 1 atom stereocenters. The first-order valence-electron chi connectivity index (χ1n) is 5.47. The first-order valence-corrected chi connectivity index (χ1v) is 5.47. The van der Waals surface area contributed by atoms with Gasteiger partial charge in [0, 0.05) is 12.1 Å². The molecule has 0 bridgehead atoms. The van der Waals surface area contributed by atoms with Crippen LogP contribution in [-0.4, -0.2) is 35.9 Å². The maximum absolute atomic E-state index is 11.5. The first-order chi connectivity index (χ1) is 6.93. The molecule has 2 N–H and O–H groups in total. The van der Waals surface area contributed by atoms with Crippen LogP contribution in [0.15, 0.2) is 0 Å². The van der Waals surface area contributed by atoms with Crippen molar-refractivity contribution in [3.8, 4) is 0 Å². The molecule has 90 valence electrons. The van der Waals surface area contributed by atoms with Gasteiger partial charge in [-0.25, -0.2) is 0 Å². The van der Waals surface area contributed by atoms with Crippen LogP contribution in [0, 0.1) is 0 Å². The zero-order chi connectivity index (χ0) is 11.9. The summed E-state index contributed by atoms with van der Waals surface area (Å²) < 4.78 is 5.20. The normalized spacial score (nSPS) is 15.1. The summed E-state index contributed by atoms with van der Waals surface area (Å²) in [6, 6.07) is 0. The molecule has 4 heteroatoms. The molecule has 0 saturated carbocycles. The van der Waals surface area contributed by atoms with E-state index in [1.54, 1.807) is 0 Å². The minimum Gasteiger partial charge on any atom is -0.396 e. The summed E-state index contributed by atoms with van der Waals surface area (Å²) in [5.74, 6) is -0.124. The molecule has 0 spiro atoms. The lowest BCUT2D eigenvalue weighted by Crippen LogP contribution is -2.47. The molecule has 0 fully saturated rings. The van der Waals surface area contributed by atoms with E-state index >= 15 is 0 Å². The van der Waals surface area contributed by atoms with Crippen LogP contribution in [0.3, 0.4) is 0 Å². The van der Waals surface area contributed by atoms with Gasteiger partial charge in [0.15, 0.2) is 0 Å². The largest absolute Gasteiger partial charge is 0.396 e. The lowest BCUT2D eigenvalue weighted by molar-refractivity contribution is -0.129. The van der Waals surface area contributed by atoms with E-state index in [1.165, 1.54) is 0 Å². The van der Waals surface area contributed by atoms with Gasteiger partial charge in [-0.15, -0.1) is 0 Å². The number of aliphatic hydroxyl groups is 1. The Morgan fingerprint density at radius 3 is 2.53 bits per heavy atom. The Morgan fingerprint density at radius 2 is 2.13 bits per heavy atom. The van der Waals surface area contributed by atoms with Gasteiger partial charge in [0.1, 0.15) is 6.61 Å². The van der Waals surface area contributed by atoms with Crippen molar-refractivity contribution in [1.82, 2.24) is 5.32 Å². The van der Waals surface area contributed by atoms with Gasteiger partial charge in [-0.1, -0.05) is 6.92 Å². The summed E-state index contributed by atoms with van der Waals surface area (Å²) in [6.45, 7) is 7.85. The number of ether oxygens (including phenoxy) is 1. The summed E-state index contributed by atoms with van der Waals surface area (Å²) in [4.78, 5) is 11.5. The van der Waals surface area contributed by atoms with Gasteiger partial charge in [-0.05, 0) is 33.6 Å². The van der Waals surface area contributed by atoms with Crippen molar-refractivity contribution in [3.05, 3.63) is 0 Å². The highest BCUT2D eigenvalue weighted by Gasteiger charge is 2.23. The van der Waals surface area contributed by atoms with Crippen molar-refractivity contribution >= 4 is 5.91 Å². The SMILES string of the molecule is CCC(C)(CCO)NC(=O)COC(C)C. The molecule has 0 aromatic heterocycles. The van der Waals surface area contributed by atoms with E-state index in [-0.39, 0.29) is 30.8 Å². The summed E-state index contributed by atoms with van der Waals surface area (Å²) in [5, 5.41) is 11.8. The van der Waals surface area contributed by atoms with Crippen molar-refractivity contribution in [1.29, 1.82) is 0 Å². The summed E-state index contributed by atoms with van der Waals surface area (Å²) >= 11 is 0. The van der Waals surface area contributed by atoms with E-state index in [4.69, 9.17) is 9.84 Å². The van der Waals surface area contributed by atoms with Gasteiger partial charge in [0.2, 0.25) is 5.91 Å². The van der Waals surface area contributed by atoms with Crippen LogP contribution in [0.5, 0.6) is 0 Å². The van der Waals surface area contributed by atoms with Crippen LogP contribution in [0.1, 0.15) is 40.5 Å². The summed E-state index contributed by atoms with van der Waals surface area (Å²) in [7, 11) is 0. The fraction of sp³-hybridized carbons (Fsp3) is 0.909. The highest BCUT2D eigenvalue weighted by atomic mass is 16.5. The molecular weight excluding hydrogens is 194 g/mol. The molecule has 0 saturated heterocycles. The van der Waals surface area contributed by atoms with Crippen molar-refractivity contribution in [2.45, 2.75) is 52.2 Å². The minimum atomic E-state index is -0.327. The van der Waals surface area contributed by atoms with Crippen molar-refractivity contribution in [2.24, 2.45) is 0 Å². The van der Waals surface area contributed by atoms with Crippen molar-refractivity contribution in [2.75, 3.05) is 13.2 Å². The third kappa shape index (κ3) is 6.47. The lowest BCUT2D eigenvalue weighted by Gasteiger charge is -2.29. The monoisotopic (exact) mass is 217 g/mol. The predicted molar refractivity (Wildman–Crippen MR) is 59.6 cm³/mol. The van der Waals surface area contributed by atoms with E-state index in [2.05, 4.69) is 5.32 Å². The molecule has 4 nitrogen and oxygen atoms in total. The van der Waals surface area contributed by atoms with E-state index in [0.29, 0.717) is 6.42 Å². The molecule has 0 aliphatic rings. The third-order valence-corrected chi connectivity index (χ3v) is 2.43. The molecular formula is C11H23NO3. The van der Waals surface area contributed by atoms with E-state index in [1.807, 2.05) is 27.7 Å². The Balaban J connectivity index is 4.01. The Kier molecular flexibility index (Phi) is 6.52. The molecule has 0 aromatic rings. The molecule has 0 aliphatic carbocycles. The Morgan fingerprint density at radius 1 is 1.53 bits per heavy atom. The van der Waals surface area contributed by atoms with E-state index in [9.17, 15) is 4.79 Å². The summed E-state index contributed by atoms with van der Waals surface area (Å²) in [5.41, 5.74) is -0.327. The molecule has 0 radical (unpaired) electrons. The number of carbonyl (C=O) groups is 1. The highest BCUT2D eigenvalue weighted by molar-refractivity contribution is 5.78. The molecule has 0 rings (SSSR count). The van der Waals surface area contributed by atoms with Crippen LogP contribution in [0.25, 0.3) is 0 Å². The van der Waals surface area contributed by atoms with Crippen LogP contribution >= 0.6 is 0 Å². The quantitative estimate of drug-likeness (QED) is 0.671. The number of aliphatic hydroxyl groups excluding tert-OH is 1. The zero-order valence-electron chi connectivity index (χ0n) is 10.2. The standard InChI is InChI=1S/C11H23NO3/c1-5-11(4,6-7-13)12-10(14)8-15-9(2)3/h9,13H,5-8H2,1-4H3,(H,12,14). The Bertz CT molecular complexity index is 194. The first kappa shape index (κ1) is 14.4. The zero-order valence-corrected chi connectivity index (χ0v) is 10.2. The maximum Gasteiger partial charge on any atom is 0.246 e. The van der Waals surface area contributed by atoms with Crippen molar-refractivity contribution in [3.63, 3.8) is 0 Å². The Hall–Kier alpha value is -0.610. The van der Waals surface area contributed by atoms with Crippen LogP contribution in [-0.2, 0) is 9.53 Å². The average Bonchev–Trinajstić information content (AvgIpc) is 2.15. The van der Waals surface area contributed by atoms with Gasteiger partial charge >= 0.3 is 0 Å². The minimum absolute atomic E-state index is 0.0569. The van der Waals surface area contributed by atoms with Crippen molar-refractivity contribution < 1.29 is 14.6 Å². The number of nitrogens with one attached hydrogen (secondary N) is 1. The Labute approximate surface area is 92.0 Å². The third-order valence-electron chi connectivity index (χ3n) is 2.43. The number of amides is 1. The van der Waals surface area contributed by atoms with Crippen LogP contribution < -0.4 is 5.32 Å². The molecule has 0 aromatic carbocycles. The van der Waals surface area contributed by atoms with Gasteiger partial charge in [-0.3, -0.25) is 4.79 Å². The number of hydrogen-bond acceptors (Lipinski definition) is 3.